The predicted octanol–water partition coefficient (Wildman–Crippen LogP) is 5.56. The van der Waals surface area contributed by atoms with E-state index in [0.29, 0.717) is 27.0 Å². The molecule has 0 saturated carbocycles. The van der Waals surface area contributed by atoms with E-state index in [0.717, 1.165) is 10.0 Å². The summed E-state index contributed by atoms with van der Waals surface area (Å²) in [6.07, 6.45) is 0. The molecule has 5 heteroatoms. The summed E-state index contributed by atoms with van der Waals surface area (Å²) in [4.78, 5) is 4.40. The normalized spacial score (nSPS) is 11.1. The van der Waals surface area contributed by atoms with Crippen LogP contribution < -0.4 is 0 Å². The maximum atomic E-state index is 6.07. The molecular formula is C13H6BrCl2NO. The molecule has 0 atom stereocenters. The number of halogens is 3. The zero-order chi connectivity index (χ0) is 12.7. The summed E-state index contributed by atoms with van der Waals surface area (Å²) in [6, 6.07) is 11.1. The van der Waals surface area contributed by atoms with Gasteiger partial charge in [-0.15, -0.1) is 0 Å². The number of nitrogens with zero attached hydrogens (tertiary/aromatic N) is 1. The Morgan fingerprint density at radius 1 is 1.11 bits per heavy atom. The summed E-state index contributed by atoms with van der Waals surface area (Å²) >= 11 is 15.5. The lowest BCUT2D eigenvalue weighted by atomic mass is 10.2. The van der Waals surface area contributed by atoms with Gasteiger partial charge in [-0.1, -0.05) is 35.3 Å². The molecule has 0 fully saturated rings. The molecule has 0 amide bonds. The molecule has 0 spiro atoms. The Hall–Kier alpha value is -1.03. The van der Waals surface area contributed by atoms with Crippen molar-refractivity contribution in [3.05, 3.63) is 50.9 Å². The van der Waals surface area contributed by atoms with Gasteiger partial charge in [0.25, 0.3) is 0 Å². The van der Waals surface area contributed by atoms with Crippen LogP contribution in [0.3, 0.4) is 0 Å². The van der Waals surface area contributed by atoms with Crippen molar-refractivity contribution in [3.8, 4) is 11.5 Å². The zero-order valence-electron chi connectivity index (χ0n) is 8.95. The van der Waals surface area contributed by atoms with Crippen LogP contribution in [0.1, 0.15) is 0 Å². The Morgan fingerprint density at radius 2 is 1.89 bits per heavy atom. The number of rotatable bonds is 1. The highest BCUT2D eigenvalue weighted by Gasteiger charge is 2.13. The van der Waals surface area contributed by atoms with Crippen molar-refractivity contribution in [1.82, 2.24) is 4.98 Å². The number of aromatic nitrogens is 1. The summed E-state index contributed by atoms with van der Waals surface area (Å²) in [6.45, 7) is 0. The first-order valence-electron chi connectivity index (χ1n) is 5.15. The van der Waals surface area contributed by atoms with Crippen molar-refractivity contribution in [2.75, 3.05) is 0 Å². The molecule has 3 rings (SSSR count). The molecule has 90 valence electrons. The van der Waals surface area contributed by atoms with Gasteiger partial charge < -0.3 is 4.42 Å². The van der Waals surface area contributed by atoms with Gasteiger partial charge in [-0.25, -0.2) is 4.98 Å². The molecule has 0 N–H and O–H groups in total. The third-order valence-electron chi connectivity index (χ3n) is 2.51. The molecule has 0 aliphatic carbocycles. The van der Waals surface area contributed by atoms with Gasteiger partial charge in [0.1, 0.15) is 5.52 Å². The molecule has 0 bridgehead atoms. The highest BCUT2D eigenvalue weighted by atomic mass is 79.9. The number of hydrogen-bond acceptors (Lipinski definition) is 2. The van der Waals surface area contributed by atoms with Crippen molar-refractivity contribution >= 4 is 50.2 Å². The number of fused-ring (bicyclic) bond motifs is 1. The standard InChI is InChI=1S/C13H6BrCl2NO/c14-9-4-2-1-3-8(9)13-17-11-6-7(15)5-10(16)12(11)18-13/h1-6H. The second-order valence-corrected chi connectivity index (χ2v) is 5.43. The number of benzene rings is 2. The molecule has 0 saturated heterocycles. The van der Waals surface area contributed by atoms with Crippen molar-refractivity contribution in [3.63, 3.8) is 0 Å². The van der Waals surface area contributed by atoms with Gasteiger partial charge in [0.05, 0.1) is 10.6 Å². The van der Waals surface area contributed by atoms with E-state index >= 15 is 0 Å². The lowest BCUT2D eigenvalue weighted by Gasteiger charge is -1.97. The summed E-state index contributed by atoms with van der Waals surface area (Å²) in [5.41, 5.74) is 2.07. The summed E-state index contributed by atoms with van der Waals surface area (Å²) < 4.78 is 6.60. The van der Waals surface area contributed by atoms with Crippen LogP contribution in [0.5, 0.6) is 0 Å². The maximum Gasteiger partial charge on any atom is 0.228 e. The number of hydrogen-bond donors (Lipinski definition) is 0. The van der Waals surface area contributed by atoms with E-state index in [9.17, 15) is 0 Å². The van der Waals surface area contributed by atoms with Crippen LogP contribution in [0.2, 0.25) is 10.0 Å². The average Bonchev–Trinajstić information content (AvgIpc) is 2.73. The van der Waals surface area contributed by atoms with Gasteiger partial charge in [0.2, 0.25) is 5.89 Å². The Kier molecular flexibility index (Phi) is 3.06. The van der Waals surface area contributed by atoms with Gasteiger partial charge in [0, 0.05) is 9.50 Å². The minimum Gasteiger partial charge on any atom is -0.434 e. The van der Waals surface area contributed by atoms with Crippen molar-refractivity contribution in [2.45, 2.75) is 0 Å². The largest absolute Gasteiger partial charge is 0.434 e. The highest BCUT2D eigenvalue weighted by Crippen LogP contribution is 2.34. The minimum absolute atomic E-state index is 0.461. The van der Waals surface area contributed by atoms with E-state index in [1.807, 2.05) is 24.3 Å². The van der Waals surface area contributed by atoms with Gasteiger partial charge >= 0.3 is 0 Å². The molecule has 1 heterocycles. The van der Waals surface area contributed by atoms with E-state index in [-0.39, 0.29) is 0 Å². The summed E-state index contributed by atoms with van der Waals surface area (Å²) in [5.74, 6) is 0.515. The maximum absolute atomic E-state index is 6.07. The van der Waals surface area contributed by atoms with Crippen LogP contribution in [0, 0.1) is 0 Å². The second-order valence-electron chi connectivity index (χ2n) is 3.73. The van der Waals surface area contributed by atoms with E-state index in [1.165, 1.54) is 0 Å². The molecule has 0 unspecified atom stereocenters. The predicted molar refractivity (Wildman–Crippen MR) is 77.2 cm³/mol. The van der Waals surface area contributed by atoms with Gasteiger partial charge in [-0.3, -0.25) is 0 Å². The van der Waals surface area contributed by atoms with Gasteiger partial charge in [0.15, 0.2) is 5.58 Å². The molecule has 2 aromatic carbocycles. The lowest BCUT2D eigenvalue weighted by Crippen LogP contribution is -1.78. The third-order valence-corrected chi connectivity index (χ3v) is 3.70. The molecule has 2 nitrogen and oxygen atoms in total. The van der Waals surface area contributed by atoms with Crippen LogP contribution >= 0.6 is 39.1 Å². The van der Waals surface area contributed by atoms with Crippen LogP contribution in [-0.4, -0.2) is 4.98 Å². The first-order chi connectivity index (χ1) is 8.65. The molecule has 3 aromatic rings. The third kappa shape index (κ3) is 2.03. The Labute approximate surface area is 122 Å². The van der Waals surface area contributed by atoms with Crippen molar-refractivity contribution in [1.29, 1.82) is 0 Å². The Balaban J connectivity index is 2.26. The van der Waals surface area contributed by atoms with E-state index in [2.05, 4.69) is 20.9 Å². The molecule has 1 aromatic heterocycles. The summed E-state index contributed by atoms with van der Waals surface area (Å²) in [7, 11) is 0. The molecule has 0 radical (unpaired) electrons. The monoisotopic (exact) mass is 341 g/mol. The Morgan fingerprint density at radius 3 is 2.67 bits per heavy atom. The minimum atomic E-state index is 0.461. The lowest BCUT2D eigenvalue weighted by molar-refractivity contribution is 0.619. The van der Waals surface area contributed by atoms with E-state index in [1.54, 1.807) is 12.1 Å². The zero-order valence-corrected chi connectivity index (χ0v) is 12.1. The fraction of sp³-hybridized carbons (Fsp3) is 0. The van der Waals surface area contributed by atoms with E-state index in [4.69, 9.17) is 27.6 Å². The Bertz CT molecular complexity index is 739. The van der Waals surface area contributed by atoms with Crippen molar-refractivity contribution in [2.24, 2.45) is 0 Å². The molecular weight excluding hydrogens is 337 g/mol. The molecule has 0 aliphatic heterocycles. The smallest absolute Gasteiger partial charge is 0.228 e. The fourth-order valence-corrected chi connectivity index (χ4v) is 2.69. The summed E-state index contributed by atoms with van der Waals surface area (Å²) in [5, 5.41) is 1.00. The van der Waals surface area contributed by atoms with Crippen LogP contribution in [0.25, 0.3) is 22.6 Å². The highest BCUT2D eigenvalue weighted by molar-refractivity contribution is 9.10. The molecule has 18 heavy (non-hydrogen) atoms. The topological polar surface area (TPSA) is 26.0 Å². The van der Waals surface area contributed by atoms with Crippen LogP contribution in [0.15, 0.2) is 45.3 Å². The first kappa shape index (κ1) is 12.0. The average molecular weight is 343 g/mol. The van der Waals surface area contributed by atoms with Crippen molar-refractivity contribution < 1.29 is 4.42 Å². The fourth-order valence-electron chi connectivity index (χ4n) is 1.71. The second kappa shape index (κ2) is 4.57. The van der Waals surface area contributed by atoms with Crippen LogP contribution in [-0.2, 0) is 0 Å². The SMILES string of the molecule is Clc1cc(Cl)c2oc(-c3ccccc3Br)nc2c1. The van der Waals surface area contributed by atoms with Gasteiger partial charge in [-0.2, -0.15) is 0 Å². The van der Waals surface area contributed by atoms with E-state index < -0.39 is 0 Å². The van der Waals surface area contributed by atoms with Crippen LogP contribution in [0.4, 0.5) is 0 Å². The first-order valence-corrected chi connectivity index (χ1v) is 6.70. The number of oxazole rings is 1. The quantitative estimate of drug-likeness (QED) is 0.578. The molecule has 0 aliphatic rings. The van der Waals surface area contributed by atoms with Gasteiger partial charge in [-0.05, 0) is 40.2 Å².